The predicted octanol–water partition coefficient (Wildman–Crippen LogP) is 3.79. The number of para-hydroxylation sites is 1. The Balaban J connectivity index is 1.51. The summed E-state index contributed by atoms with van der Waals surface area (Å²) in [5, 5.41) is 2.54. The molecule has 8 heteroatoms. The molecular weight excluding hydrogens is 397 g/mol. The van der Waals surface area contributed by atoms with Crippen molar-refractivity contribution in [2.45, 2.75) is 12.8 Å². The minimum absolute atomic E-state index is 0.00360. The van der Waals surface area contributed by atoms with E-state index in [4.69, 9.17) is 4.74 Å². The molecule has 3 aromatic rings. The molecule has 0 atom stereocenters. The first kappa shape index (κ1) is 19.4. The molecule has 1 amide bonds. The number of ether oxygens (including phenoxy) is 1. The summed E-state index contributed by atoms with van der Waals surface area (Å²) < 4.78 is 20.2. The number of thiophene rings is 1. The van der Waals surface area contributed by atoms with Crippen LogP contribution in [0, 0.1) is 5.82 Å². The van der Waals surface area contributed by atoms with Crippen LogP contribution < -0.4 is 4.90 Å². The molecule has 1 aromatic carbocycles. The van der Waals surface area contributed by atoms with Crippen LogP contribution in [0.25, 0.3) is 10.2 Å². The van der Waals surface area contributed by atoms with E-state index in [9.17, 15) is 9.18 Å². The lowest BCUT2D eigenvalue weighted by atomic mass is 10.3. The van der Waals surface area contributed by atoms with Gasteiger partial charge in [-0.1, -0.05) is 23.5 Å². The lowest BCUT2D eigenvalue weighted by Gasteiger charge is -2.27. The van der Waals surface area contributed by atoms with E-state index in [-0.39, 0.29) is 11.7 Å². The number of morpholine rings is 1. The van der Waals surface area contributed by atoms with Crippen LogP contribution in [0.3, 0.4) is 0 Å². The summed E-state index contributed by atoms with van der Waals surface area (Å²) in [5.41, 5.74) is 0.338. The Morgan fingerprint density at radius 2 is 2.11 bits per heavy atom. The summed E-state index contributed by atoms with van der Waals surface area (Å²) in [7, 11) is 0. The number of nitrogens with zero attached hydrogens (tertiary/aromatic N) is 3. The number of carbonyl (C=O) groups excluding carboxylic acids is 1. The fourth-order valence-corrected chi connectivity index (χ4v) is 5.00. The van der Waals surface area contributed by atoms with Gasteiger partial charge in [0.2, 0.25) is 5.91 Å². The Bertz CT molecular complexity index is 923. The number of carbonyl (C=O) groups is 1. The van der Waals surface area contributed by atoms with Crippen LogP contribution in [0.4, 0.5) is 9.52 Å². The minimum atomic E-state index is -0.348. The van der Waals surface area contributed by atoms with Crippen molar-refractivity contribution in [3.63, 3.8) is 0 Å². The van der Waals surface area contributed by atoms with Crippen molar-refractivity contribution in [3.8, 4) is 0 Å². The second-order valence-electron chi connectivity index (χ2n) is 6.69. The highest BCUT2D eigenvalue weighted by molar-refractivity contribution is 7.22. The number of amides is 1. The Kier molecular flexibility index (Phi) is 6.31. The van der Waals surface area contributed by atoms with Crippen LogP contribution in [0.5, 0.6) is 0 Å². The molecule has 1 saturated heterocycles. The van der Waals surface area contributed by atoms with Gasteiger partial charge in [-0.25, -0.2) is 9.37 Å². The molecular formula is C20H22FN3O2S2. The first-order valence-electron chi connectivity index (χ1n) is 9.38. The maximum atomic E-state index is 14.1. The summed E-state index contributed by atoms with van der Waals surface area (Å²) in [6.07, 6.45) is 1.18. The molecule has 0 bridgehead atoms. The molecule has 0 spiro atoms. The number of hydrogen-bond donors (Lipinski definition) is 0. The molecule has 28 heavy (non-hydrogen) atoms. The second-order valence-corrected chi connectivity index (χ2v) is 8.73. The molecule has 1 aliphatic rings. The van der Waals surface area contributed by atoms with E-state index >= 15 is 0 Å². The predicted molar refractivity (Wildman–Crippen MR) is 112 cm³/mol. The Morgan fingerprint density at radius 1 is 1.25 bits per heavy atom. The van der Waals surface area contributed by atoms with Crippen molar-refractivity contribution in [1.82, 2.24) is 9.88 Å². The normalized spacial score (nSPS) is 15.2. The zero-order valence-corrected chi connectivity index (χ0v) is 17.1. The van der Waals surface area contributed by atoms with Gasteiger partial charge in [0, 0.05) is 31.1 Å². The first-order chi connectivity index (χ1) is 13.7. The number of benzene rings is 1. The highest BCUT2D eigenvalue weighted by Crippen LogP contribution is 2.31. The number of anilines is 1. The fourth-order valence-electron chi connectivity index (χ4n) is 3.28. The van der Waals surface area contributed by atoms with Gasteiger partial charge in [0.15, 0.2) is 5.13 Å². The molecule has 0 aliphatic carbocycles. The summed E-state index contributed by atoms with van der Waals surface area (Å²) >= 11 is 2.94. The molecule has 0 N–H and O–H groups in total. The van der Waals surface area contributed by atoms with Gasteiger partial charge in [0.25, 0.3) is 0 Å². The van der Waals surface area contributed by atoms with Crippen molar-refractivity contribution >= 4 is 43.9 Å². The third kappa shape index (κ3) is 4.57. The van der Waals surface area contributed by atoms with Crippen molar-refractivity contribution < 1.29 is 13.9 Å². The molecule has 148 valence electrons. The van der Waals surface area contributed by atoms with E-state index in [1.165, 1.54) is 17.4 Å². The quantitative estimate of drug-likeness (QED) is 0.585. The molecule has 0 saturated carbocycles. The van der Waals surface area contributed by atoms with E-state index in [1.54, 1.807) is 22.3 Å². The van der Waals surface area contributed by atoms with E-state index < -0.39 is 0 Å². The third-order valence-electron chi connectivity index (χ3n) is 4.76. The molecule has 2 aromatic heterocycles. The molecule has 1 aliphatic heterocycles. The van der Waals surface area contributed by atoms with Crippen LogP contribution >= 0.6 is 22.7 Å². The third-order valence-corrected chi connectivity index (χ3v) is 6.68. The number of rotatable bonds is 7. The van der Waals surface area contributed by atoms with Gasteiger partial charge in [0.05, 0.1) is 24.3 Å². The highest BCUT2D eigenvalue weighted by atomic mass is 32.1. The average Bonchev–Trinajstić information content (AvgIpc) is 3.36. The number of thiazole rings is 1. The molecule has 1 fully saturated rings. The van der Waals surface area contributed by atoms with Crippen LogP contribution in [-0.2, 0) is 16.0 Å². The van der Waals surface area contributed by atoms with Crippen LogP contribution in [0.15, 0.2) is 35.7 Å². The summed E-state index contributed by atoms with van der Waals surface area (Å²) in [4.78, 5) is 22.6. The number of aromatic nitrogens is 1. The fraction of sp³-hybridized carbons (Fsp3) is 0.400. The zero-order chi connectivity index (χ0) is 19.3. The van der Waals surface area contributed by atoms with Crippen molar-refractivity contribution in [3.05, 3.63) is 46.4 Å². The Labute approximate surface area is 171 Å². The second kappa shape index (κ2) is 9.09. The standard InChI is InChI=1S/C20H22FN3O2S2/c21-16-5-1-6-17-19(16)22-20(28-17)24(18(25)14-15-4-2-13-27-15)8-3-7-23-9-11-26-12-10-23/h1-2,4-6,13H,3,7-12,14H2. The van der Waals surface area contributed by atoms with E-state index in [0.717, 1.165) is 48.8 Å². The van der Waals surface area contributed by atoms with Gasteiger partial charge < -0.3 is 4.74 Å². The molecule has 5 nitrogen and oxygen atoms in total. The molecule has 0 radical (unpaired) electrons. The van der Waals surface area contributed by atoms with Crippen molar-refractivity contribution in [2.24, 2.45) is 0 Å². The van der Waals surface area contributed by atoms with Gasteiger partial charge in [-0.15, -0.1) is 11.3 Å². The van der Waals surface area contributed by atoms with Crippen LogP contribution in [-0.4, -0.2) is 55.2 Å². The highest BCUT2D eigenvalue weighted by Gasteiger charge is 2.21. The maximum absolute atomic E-state index is 14.1. The van der Waals surface area contributed by atoms with E-state index in [1.807, 2.05) is 23.6 Å². The minimum Gasteiger partial charge on any atom is -0.379 e. The molecule has 3 heterocycles. The van der Waals surface area contributed by atoms with Gasteiger partial charge in [-0.3, -0.25) is 14.6 Å². The van der Waals surface area contributed by atoms with Crippen molar-refractivity contribution in [2.75, 3.05) is 44.3 Å². The summed E-state index contributed by atoms with van der Waals surface area (Å²) in [5.74, 6) is -0.345. The monoisotopic (exact) mass is 419 g/mol. The van der Waals surface area contributed by atoms with E-state index in [2.05, 4.69) is 9.88 Å². The Morgan fingerprint density at radius 3 is 2.86 bits per heavy atom. The van der Waals surface area contributed by atoms with Gasteiger partial charge in [-0.05, 0) is 30.0 Å². The number of hydrogen-bond acceptors (Lipinski definition) is 6. The van der Waals surface area contributed by atoms with Crippen LogP contribution in [0.1, 0.15) is 11.3 Å². The lowest BCUT2D eigenvalue weighted by Crippen LogP contribution is -2.39. The number of fused-ring (bicyclic) bond motifs is 1. The largest absolute Gasteiger partial charge is 0.379 e. The van der Waals surface area contributed by atoms with Gasteiger partial charge in [0.1, 0.15) is 11.3 Å². The number of halogens is 1. The van der Waals surface area contributed by atoms with Gasteiger partial charge >= 0.3 is 0 Å². The van der Waals surface area contributed by atoms with Crippen LogP contribution in [0.2, 0.25) is 0 Å². The lowest BCUT2D eigenvalue weighted by molar-refractivity contribution is -0.118. The average molecular weight is 420 g/mol. The Hall–Kier alpha value is -1.87. The molecule has 0 unspecified atom stereocenters. The maximum Gasteiger partial charge on any atom is 0.234 e. The first-order valence-corrected chi connectivity index (χ1v) is 11.1. The smallest absolute Gasteiger partial charge is 0.234 e. The van der Waals surface area contributed by atoms with Gasteiger partial charge in [-0.2, -0.15) is 0 Å². The summed E-state index contributed by atoms with van der Waals surface area (Å²) in [6, 6.07) is 8.84. The summed E-state index contributed by atoms with van der Waals surface area (Å²) in [6.45, 7) is 4.86. The van der Waals surface area contributed by atoms with E-state index in [0.29, 0.717) is 23.6 Å². The zero-order valence-electron chi connectivity index (χ0n) is 15.5. The van der Waals surface area contributed by atoms with Crippen molar-refractivity contribution in [1.29, 1.82) is 0 Å². The molecule has 4 rings (SSSR count). The SMILES string of the molecule is O=C(Cc1cccs1)N(CCCN1CCOCC1)c1nc2c(F)cccc2s1. The topological polar surface area (TPSA) is 45.7 Å².